The molecule has 6 nitrogen and oxygen atoms in total. The number of hydrogen-bond donors (Lipinski definition) is 3. The molecule has 3 aromatic rings. The van der Waals surface area contributed by atoms with E-state index in [4.69, 9.17) is 10.5 Å². The highest BCUT2D eigenvalue weighted by molar-refractivity contribution is 6.18. The molecule has 0 amide bonds. The van der Waals surface area contributed by atoms with Gasteiger partial charge in [0.25, 0.3) is 0 Å². The quantitative estimate of drug-likeness (QED) is 0.483. The lowest BCUT2D eigenvalue weighted by Gasteiger charge is -2.24. The molecular weight excluding hydrogens is 354 g/mol. The summed E-state index contributed by atoms with van der Waals surface area (Å²) in [7, 11) is 0. The third-order valence-corrected chi connectivity index (χ3v) is 4.75. The second kappa shape index (κ2) is 6.96. The van der Waals surface area contributed by atoms with Crippen molar-refractivity contribution < 1.29 is 18.3 Å². The van der Waals surface area contributed by atoms with Gasteiger partial charge in [-0.2, -0.15) is 0 Å². The predicted octanol–water partition coefficient (Wildman–Crippen LogP) is 3.25. The van der Waals surface area contributed by atoms with Gasteiger partial charge in [0.05, 0.1) is 22.2 Å². The van der Waals surface area contributed by atoms with E-state index in [1.54, 1.807) is 12.3 Å². The van der Waals surface area contributed by atoms with E-state index in [9.17, 15) is 13.6 Å². The number of nitrogen functional groups attached to an aromatic ring is 1. The van der Waals surface area contributed by atoms with Crippen LogP contribution in [0.4, 0.5) is 20.2 Å². The number of carbonyl (C=O) groups is 1. The normalized spacial score (nSPS) is 15.2. The number of ether oxygens (including phenoxy) is 1. The molecule has 0 spiro atoms. The molecule has 2 aromatic heterocycles. The zero-order valence-electron chi connectivity index (χ0n) is 14.4. The van der Waals surface area contributed by atoms with Crippen molar-refractivity contribution in [1.29, 1.82) is 0 Å². The molecule has 0 saturated carbocycles. The summed E-state index contributed by atoms with van der Waals surface area (Å²) >= 11 is 0. The van der Waals surface area contributed by atoms with E-state index in [1.165, 1.54) is 6.20 Å². The highest BCUT2D eigenvalue weighted by Gasteiger charge is 2.25. The lowest BCUT2D eigenvalue weighted by Crippen LogP contribution is -2.28. The van der Waals surface area contributed by atoms with E-state index in [-0.39, 0.29) is 17.3 Å². The third-order valence-electron chi connectivity index (χ3n) is 4.75. The smallest absolute Gasteiger partial charge is 0.201 e. The zero-order chi connectivity index (χ0) is 19.0. The Bertz CT molecular complexity index is 1010. The molecule has 0 atom stereocenters. The third kappa shape index (κ3) is 3.12. The average molecular weight is 372 g/mol. The molecule has 27 heavy (non-hydrogen) atoms. The van der Waals surface area contributed by atoms with Crippen LogP contribution in [-0.4, -0.2) is 35.0 Å². The maximum absolute atomic E-state index is 14.3. The fraction of sp³-hybridized carbons (Fsp3) is 0.263. The van der Waals surface area contributed by atoms with Gasteiger partial charge in [-0.25, -0.2) is 13.8 Å². The monoisotopic (exact) mass is 372 g/mol. The van der Waals surface area contributed by atoms with Gasteiger partial charge < -0.3 is 20.8 Å². The Morgan fingerprint density at radius 3 is 2.81 bits per heavy atom. The highest BCUT2D eigenvalue weighted by atomic mass is 19.1. The lowest BCUT2D eigenvalue weighted by molar-refractivity contribution is 0.0904. The number of anilines is 2. The van der Waals surface area contributed by atoms with Gasteiger partial charge in [-0.3, -0.25) is 4.79 Å². The minimum Gasteiger partial charge on any atom is -0.396 e. The number of halogens is 2. The fourth-order valence-corrected chi connectivity index (χ4v) is 3.33. The summed E-state index contributed by atoms with van der Waals surface area (Å²) in [6.07, 6.45) is 4.68. The van der Waals surface area contributed by atoms with E-state index in [0.29, 0.717) is 29.9 Å². The first kappa shape index (κ1) is 17.4. The van der Waals surface area contributed by atoms with Crippen LogP contribution in [0.25, 0.3) is 11.0 Å². The molecule has 0 bridgehead atoms. The number of nitrogens with one attached hydrogen (secondary N) is 2. The number of ketones is 1. The van der Waals surface area contributed by atoms with E-state index in [1.807, 2.05) is 0 Å². The van der Waals surface area contributed by atoms with Gasteiger partial charge in [0, 0.05) is 37.3 Å². The summed E-state index contributed by atoms with van der Waals surface area (Å²) in [5.74, 6) is -2.80. The molecule has 0 radical (unpaired) electrons. The number of benzene rings is 1. The van der Waals surface area contributed by atoms with Gasteiger partial charge in [-0.1, -0.05) is 0 Å². The summed E-state index contributed by atoms with van der Waals surface area (Å²) in [5.41, 5.74) is 5.84. The number of carbonyl (C=O) groups excluding carboxylic acids is 1. The van der Waals surface area contributed by atoms with Gasteiger partial charge in [-0.05, 0) is 31.0 Å². The Balaban J connectivity index is 1.79. The van der Waals surface area contributed by atoms with Crippen molar-refractivity contribution in [3.05, 3.63) is 53.4 Å². The van der Waals surface area contributed by atoms with E-state index >= 15 is 0 Å². The molecule has 1 fully saturated rings. The highest BCUT2D eigenvalue weighted by Crippen LogP contribution is 2.30. The molecule has 0 aliphatic carbocycles. The molecule has 4 rings (SSSR count). The van der Waals surface area contributed by atoms with Crippen LogP contribution in [0.1, 0.15) is 28.8 Å². The lowest BCUT2D eigenvalue weighted by atomic mass is 10.0. The Morgan fingerprint density at radius 2 is 2.04 bits per heavy atom. The van der Waals surface area contributed by atoms with Gasteiger partial charge in [0.1, 0.15) is 11.5 Å². The maximum Gasteiger partial charge on any atom is 0.201 e. The molecule has 140 valence electrons. The Labute approximate surface area is 153 Å². The summed E-state index contributed by atoms with van der Waals surface area (Å²) < 4.78 is 33.9. The minimum atomic E-state index is -1.06. The van der Waals surface area contributed by atoms with E-state index in [2.05, 4.69) is 15.3 Å². The first-order valence-electron chi connectivity index (χ1n) is 8.65. The number of hydrogen-bond acceptors (Lipinski definition) is 5. The SMILES string of the molecule is Nc1ccc(F)c(C(=O)c2c[nH]c3nccc(NC4CCOCC4)c23)c1F. The molecule has 8 heteroatoms. The molecule has 1 aromatic carbocycles. The van der Waals surface area contributed by atoms with E-state index < -0.39 is 23.0 Å². The number of aromatic nitrogens is 2. The largest absolute Gasteiger partial charge is 0.396 e. The number of nitrogens with two attached hydrogens (primary N) is 1. The van der Waals surface area contributed by atoms with Crippen molar-refractivity contribution in [3.63, 3.8) is 0 Å². The average Bonchev–Trinajstić information content (AvgIpc) is 3.11. The summed E-state index contributed by atoms with van der Waals surface area (Å²) in [5, 5.41) is 3.89. The first-order valence-corrected chi connectivity index (χ1v) is 8.65. The number of H-pyrrole nitrogens is 1. The van der Waals surface area contributed by atoms with Crippen molar-refractivity contribution in [2.75, 3.05) is 24.3 Å². The second-order valence-electron chi connectivity index (χ2n) is 6.47. The summed E-state index contributed by atoms with van der Waals surface area (Å²) in [6.45, 7) is 1.31. The fourth-order valence-electron chi connectivity index (χ4n) is 3.33. The number of aromatic amines is 1. The molecule has 3 heterocycles. The van der Waals surface area contributed by atoms with Crippen LogP contribution in [0.15, 0.2) is 30.6 Å². The Hall–Kier alpha value is -3.00. The molecule has 0 unspecified atom stereocenters. The number of nitrogens with zero attached hydrogens (tertiary/aromatic N) is 1. The van der Waals surface area contributed by atoms with Crippen LogP contribution >= 0.6 is 0 Å². The van der Waals surface area contributed by atoms with Crippen LogP contribution in [0, 0.1) is 11.6 Å². The van der Waals surface area contributed by atoms with Gasteiger partial charge in [-0.15, -0.1) is 0 Å². The summed E-state index contributed by atoms with van der Waals surface area (Å²) in [4.78, 5) is 20.0. The van der Waals surface area contributed by atoms with Crippen LogP contribution in [-0.2, 0) is 4.74 Å². The van der Waals surface area contributed by atoms with Crippen LogP contribution < -0.4 is 11.1 Å². The Morgan fingerprint density at radius 1 is 1.26 bits per heavy atom. The number of fused-ring (bicyclic) bond motifs is 1. The molecule has 4 N–H and O–H groups in total. The summed E-state index contributed by atoms with van der Waals surface area (Å²) in [6, 6.07) is 4.01. The van der Waals surface area contributed by atoms with Gasteiger partial charge >= 0.3 is 0 Å². The molecule has 1 saturated heterocycles. The number of pyridine rings is 1. The van der Waals surface area contributed by atoms with Crippen molar-refractivity contribution in [1.82, 2.24) is 9.97 Å². The van der Waals surface area contributed by atoms with Crippen molar-refractivity contribution in [2.24, 2.45) is 0 Å². The zero-order valence-corrected chi connectivity index (χ0v) is 14.4. The number of rotatable bonds is 4. The van der Waals surface area contributed by atoms with Crippen molar-refractivity contribution in [2.45, 2.75) is 18.9 Å². The predicted molar refractivity (Wildman–Crippen MR) is 97.8 cm³/mol. The molecular formula is C19H18F2N4O2. The molecule has 1 aliphatic rings. The second-order valence-corrected chi connectivity index (χ2v) is 6.47. The minimum absolute atomic E-state index is 0.135. The topological polar surface area (TPSA) is 93.0 Å². The van der Waals surface area contributed by atoms with Crippen LogP contribution in [0.5, 0.6) is 0 Å². The van der Waals surface area contributed by atoms with Crippen molar-refractivity contribution in [3.8, 4) is 0 Å². The van der Waals surface area contributed by atoms with Crippen LogP contribution in [0.2, 0.25) is 0 Å². The van der Waals surface area contributed by atoms with Crippen LogP contribution in [0.3, 0.4) is 0 Å². The molecule has 1 aliphatic heterocycles. The van der Waals surface area contributed by atoms with E-state index in [0.717, 1.165) is 25.0 Å². The van der Waals surface area contributed by atoms with Crippen molar-refractivity contribution >= 4 is 28.2 Å². The maximum atomic E-state index is 14.3. The first-order chi connectivity index (χ1) is 13.1. The van der Waals surface area contributed by atoms with Gasteiger partial charge in [0.2, 0.25) is 5.78 Å². The Kier molecular flexibility index (Phi) is 4.49. The standard InChI is InChI=1S/C19H18F2N4O2/c20-12-1-2-13(22)17(21)16(12)18(26)11-9-24-19-15(11)14(3-6-23-19)25-10-4-7-27-8-5-10/h1-3,6,9-10H,4-5,7-8,22H2,(H2,23,24,25). The van der Waals surface area contributed by atoms with Gasteiger partial charge in [0.15, 0.2) is 5.82 Å².